The molecule has 0 aliphatic carbocycles. The number of ether oxygens (including phenoxy) is 2. The summed E-state index contributed by atoms with van der Waals surface area (Å²) in [6.45, 7) is 0. The van der Waals surface area contributed by atoms with Crippen molar-refractivity contribution in [2.24, 2.45) is 0 Å². The Labute approximate surface area is 139 Å². The molecule has 0 radical (unpaired) electrons. The van der Waals surface area contributed by atoms with Crippen molar-refractivity contribution in [2.75, 3.05) is 18.9 Å². The first kappa shape index (κ1) is 17.1. The Hall–Kier alpha value is -2.25. The maximum absolute atomic E-state index is 12.6. The summed E-state index contributed by atoms with van der Waals surface area (Å²) in [6.07, 6.45) is 0. The second kappa shape index (κ2) is 6.89. The zero-order valence-electron chi connectivity index (χ0n) is 12.4. The minimum Gasteiger partial charge on any atom is -0.495 e. The van der Waals surface area contributed by atoms with E-state index < -0.39 is 16.0 Å². The molecule has 23 heavy (non-hydrogen) atoms. The average molecular weight is 356 g/mol. The van der Waals surface area contributed by atoms with Crippen molar-refractivity contribution in [3.63, 3.8) is 0 Å². The largest absolute Gasteiger partial charge is 0.495 e. The molecule has 6 nitrogen and oxygen atoms in total. The van der Waals surface area contributed by atoms with Crippen LogP contribution in [-0.2, 0) is 14.8 Å². The fourth-order valence-corrected chi connectivity index (χ4v) is 3.43. The fourth-order valence-electron chi connectivity index (χ4n) is 1.92. The van der Waals surface area contributed by atoms with E-state index in [2.05, 4.69) is 9.46 Å². The maximum Gasteiger partial charge on any atom is 0.339 e. The highest BCUT2D eigenvalue weighted by atomic mass is 35.5. The summed E-state index contributed by atoms with van der Waals surface area (Å²) in [5.74, 6) is -0.515. The monoisotopic (exact) mass is 355 g/mol. The normalized spacial score (nSPS) is 10.9. The molecule has 2 aromatic rings. The average Bonchev–Trinajstić information content (AvgIpc) is 2.54. The molecule has 0 amide bonds. The van der Waals surface area contributed by atoms with Gasteiger partial charge in [-0.3, -0.25) is 4.72 Å². The lowest BCUT2D eigenvalue weighted by Gasteiger charge is -2.13. The number of rotatable bonds is 5. The molecule has 122 valence electrons. The number of hydrogen-bond donors (Lipinski definition) is 1. The molecular weight excluding hydrogens is 342 g/mol. The van der Waals surface area contributed by atoms with Crippen molar-refractivity contribution < 1.29 is 22.7 Å². The minimum atomic E-state index is -4.01. The van der Waals surface area contributed by atoms with Crippen LogP contribution in [0.2, 0.25) is 5.02 Å². The number of hydrogen-bond acceptors (Lipinski definition) is 5. The predicted molar refractivity (Wildman–Crippen MR) is 86.6 cm³/mol. The molecule has 8 heteroatoms. The van der Waals surface area contributed by atoms with Crippen LogP contribution < -0.4 is 9.46 Å². The molecule has 0 heterocycles. The number of carbonyl (C=O) groups excluding carboxylic acids is 1. The molecule has 0 aromatic heterocycles. The number of esters is 1. The zero-order chi connectivity index (χ0) is 17.0. The lowest BCUT2D eigenvalue weighted by Crippen LogP contribution is -2.16. The Morgan fingerprint density at radius 1 is 1.13 bits per heavy atom. The summed E-state index contributed by atoms with van der Waals surface area (Å²) in [6, 6.07) is 10.3. The molecule has 0 fully saturated rings. The third-order valence-corrected chi connectivity index (χ3v) is 4.61. The van der Waals surface area contributed by atoms with Crippen LogP contribution in [-0.4, -0.2) is 28.6 Å². The Morgan fingerprint density at radius 3 is 2.48 bits per heavy atom. The molecule has 0 saturated heterocycles. The zero-order valence-corrected chi connectivity index (χ0v) is 13.9. The van der Waals surface area contributed by atoms with Crippen molar-refractivity contribution in [3.8, 4) is 5.75 Å². The number of halogens is 1. The quantitative estimate of drug-likeness (QED) is 0.834. The van der Waals surface area contributed by atoms with Crippen molar-refractivity contribution in [3.05, 3.63) is 53.1 Å². The standard InChI is InChI=1S/C15H14ClNO5S/c1-21-13-8-7-10(16)9-14(13)23(19,20)17-12-6-4-3-5-11(12)15(18)22-2/h3-9,17H,1-2H3. The maximum atomic E-state index is 12.6. The number of carbonyl (C=O) groups is 1. The van der Waals surface area contributed by atoms with Gasteiger partial charge in [-0.05, 0) is 30.3 Å². The minimum absolute atomic E-state index is 0.0968. The van der Waals surface area contributed by atoms with E-state index in [0.717, 1.165) is 0 Å². The van der Waals surface area contributed by atoms with Crippen molar-refractivity contribution in [2.45, 2.75) is 4.90 Å². The van der Waals surface area contributed by atoms with Crippen molar-refractivity contribution in [1.29, 1.82) is 0 Å². The van der Waals surface area contributed by atoms with Gasteiger partial charge in [0.15, 0.2) is 0 Å². The van der Waals surface area contributed by atoms with E-state index in [1.54, 1.807) is 12.1 Å². The van der Waals surface area contributed by atoms with Crippen LogP contribution in [0.15, 0.2) is 47.4 Å². The van der Waals surface area contributed by atoms with Gasteiger partial charge in [0.05, 0.1) is 25.5 Å². The molecule has 0 aliphatic heterocycles. The molecule has 0 unspecified atom stereocenters. The SMILES string of the molecule is COC(=O)c1ccccc1NS(=O)(=O)c1cc(Cl)ccc1OC. The molecule has 0 bridgehead atoms. The number of anilines is 1. The number of sulfonamides is 1. The molecule has 0 atom stereocenters. The van der Waals surface area contributed by atoms with Gasteiger partial charge in [-0.25, -0.2) is 13.2 Å². The van der Waals surface area contributed by atoms with E-state index in [-0.39, 0.29) is 26.9 Å². The highest BCUT2D eigenvalue weighted by molar-refractivity contribution is 7.92. The Bertz CT molecular complexity index is 836. The smallest absolute Gasteiger partial charge is 0.339 e. The van der Waals surface area contributed by atoms with Gasteiger partial charge in [0.2, 0.25) is 0 Å². The summed E-state index contributed by atoms with van der Waals surface area (Å²) in [4.78, 5) is 11.6. The van der Waals surface area contributed by atoms with Gasteiger partial charge in [0, 0.05) is 5.02 Å². The van der Waals surface area contributed by atoms with Crippen molar-refractivity contribution in [1.82, 2.24) is 0 Å². The van der Waals surface area contributed by atoms with Crippen LogP contribution in [0.25, 0.3) is 0 Å². The summed E-state index contributed by atoms with van der Waals surface area (Å²) in [7, 11) is -1.44. The van der Waals surface area contributed by atoms with Gasteiger partial charge < -0.3 is 9.47 Å². The first-order valence-electron chi connectivity index (χ1n) is 6.42. The fraction of sp³-hybridized carbons (Fsp3) is 0.133. The Kier molecular flexibility index (Phi) is 5.12. The van der Waals surface area contributed by atoms with E-state index in [4.69, 9.17) is 16.3 Å². The molecule has 0 spiro atoms. The molecule has 2 rings (SSSR count). The molecular formula is C15H14ClNO5S. The van der Waals surface area contributed by atoms with Gasteiger partial charge >= 0.3 is 5.97 Å². The Morgan fingerprint density at radius 2 is 1.83 bits per heavy atom. The lowest BCUT2D eigenvalue weighted by atomic mass is 10.2. The second-order valence-electron chi connectivity index (χ2n) is 4.44. The number of methoxy groups -OCH3 is 2. The van der Waals surface area contributed by atoms with Gasteiger partial charge in [0.1, 0.15) is 10.6 Å². The van der Waals surface area contributed by atoms with Crippen LogP contribution in [0.1, 0.15) is 10.4 Å². The number of benzene rings is 2. The first-order valence-corrected chi connectivity index (χ1v) is 8.29. The molecule has 0 saturated carbocycles. The molecule has 0 aliphatic rings. The van der Waals surface area contributed by atoms with Gasteiger partial charge in [0.25, 0.3) is 10.0 Å². The molecule has 1 N–H and O–H groups in total. The number of para-hydroxylation sites is 1. The topological polar surface area (TPSA) is 81.7 Å². The van der Waals surface area contributed by atoms with Crippen LogP contribution in [0.3, 0.4) is 0 Å². The van der Waals surface area contributed by atoms with Gasteiger partial charge in [-0.15, -0.1) is 0 Å². The van der Waals surface area contributed by atoms with E-state index >= 15 is 0 Å². The second-order valence-corrected chi connectivity index (χ2v) is 6.53. The van der Waals surface area contributed by atoms with Crippen LogP contribution in [0.4, 0.5) is 5.69 Å². The lowest BCUT2D eigenvalue weighted by molar-refractivity contribution is 0.0602. The Balaban J connectivity index is 2.48. The van der Waals surface area contributed by atoms with Gasteiger partial charge in [-0.2, -0.15) is 0 Å². The van der Waals surface area contributed by atoms with Crippen LogP contribution in [0, 0.1) is 0 Å². The summed E-state index contributed by atoms with van der Waals surface area (Å²) < 4.78 is 37.2. The third-order valence-electron chi connectivity index (χ3n) is 2.99. The van der Waals surface area contributed by atoms with Crippen molar-refractivity contribution >= 4 is 33.3 Å². The van der Waals surface area contributed by atoms with Crippen LogP contribution in [0.5, 0.6) is 5.75 Å². The van der Waals surface area contributed by atoms with Gasteiger partial charge in [-0.1, -0.05) is 23.7 Å². The van der Waals surface area contributed by atoms with E-state index in [9.17, 15) is 13.2 Å². The molecule has 2 aromatic carbocycles. The summed E-state index contributed by atoms with van der Waals surface area (Å²) in [5, 5.41) is 0.243. The van der Waals surface area contributed by atoms with Crippen LogP contribution >= 0.6 is 11.6 Å². The third kappa shape index (κ3) is 3.75. The summed E-state index contributed by atoms with van der Waals surface area (Å²) >= 11 is 5.87. The highest BCUT2D eigenvalue weighted by Crippen LogP contribution is 2.29. The van der Waals surface area contributed by atoms with E-state index in [1.807, 2.05) is 0 Å². The number of nitrogens with one attached hydrogen (secondary N) is 1. The van der Waals surface area contributed by atoms with E-state index in [0.29, 0.717) is 0 Å². The first-order chi connectivity index (χ1) is 10.9. The summed E-state index contributed by atoms with van der Waals surface area (Å²) in [5.41, 5.74) is 0.195. The highest BCUT2D eigenvalue weighted by Gasteiger charge is 2.22. The van der Waals surface area contributed by atoms with E-state index in [1.165, 1.54) is 44.6 Å². The predicted octanol–water partition coefficient (Wildman–Crippen LogP) is 2.94.